The average Bonchev–Trinajstić information content (AvgIpc) is 2.51. The zero-order chi connectivity index (χ0) is 15.3. The molecule has 0 spiro atoms. The van der Waals surface area contributed by atoms with Crippen LogP contribution in [0.25, 0.3) is 0 Å². The van der Waals surface area contributed by atoms with Crippen LogP contribution in [0.15, 0.2) is 24.3 Å². The molecule has 0 saturated carbocycles. The van der Waals surface area contributed by atoms with Crippen LogP contribution >= 0.6 is 11.8 Å². The van der Waals surface area contributed by atoms with E-state index < -0.39 is 5.82 Å². The van der Waals surface area contributed by atoms with E-state index in [1.807, 2.05) is 11.8 Å². The Morgan fingerprint density at radius 3 is 2.67 bits per heavy atom. The second kappa shape index (κ2) is 7.24. The number of para-hydroxylation sites is 1. The van der Waals surface area contributed by atoms with Gasteiger partial charge in [0, 0.05) is 24.4 Å². The third-order valence-corrected chi connectivity index (χ3v) is 5.53. The molecule has 0 radical (unpaired) electrons. The highest BCUT2D eigenvalue weighted by Gasteiger charge is 2.32. The van der Waals surface area contributed by atoms with Gasteiger partial charge in [0.25, 0.3) is 0 Å². The molecule has 0 bridgehead atoms. The van der Waals surface area contributed by atoms with Crippen molar-refractivity contribution < 1.29 is 9.18 Å². The van der Waals surface area contributed by atoms with Gasteiger partial charge in [-0.2, -0.15) is 11.8 Å². The minimum atomic E-state index is -0.408. The zero-order valence-corrected chi connectivity index (χ0v) is 13.1. The number of benzene rings is 1. The smallest absolute Gasteiger partial charge is 0.238 e. The number of amides is 1. The van der Waals surface area contributed by atoms with E-state index >= 15 is 0 Å². The summed E-state index contributed by atoms with van der Waals surface area (Å²) in [6, 6.07) is 6.21. The molecule has 0 aromatic heterocycles. The summed E-state index contributed by atoms with van der Waals surface area (Å²) in [6.07, 6.45) is 4.06. The SMILES string of the molecule is CSC1(CN)CCN(CC(=O)Nc2ccccc2F)CC1. The van der Waals surface area contributed by atoms with Crippen molar-refractivity contribution in [1.29, 1.82) is 0 Å². The Labute approximate surface area is 129 Å². The van der Waals surface area contributed by atoms with Gasteiger partial charge in [0.2, 0.25) is 5.91 Å². The summed E-state index contributed by atoms with van der Waals surface area (Å²) in [5.74, 6) is -0.585. The van der Waals surface area contributed by atoms with Crippen molar-refractivity contribution in [2.45, 2.75) is 17.6 Å². The number of halogens is 1. The second-order valence-electron chi connectivity index (χ2n) is 5.40. The van der Waals surface area contributed by atoms with Gasteiger partial charge in [0.1, 0.15) is 5.82 Å². The topological polar surface area (TPSA) is 58.4 Å². The Hall–Kier alpha value is -1.11. The summed E-state index contributed by atoms with van der Waals surface area (Å²) >= 11 is 1.82. The van der Waals surface area contributed by atoms with E-state index in [1.54, 1.807) is 18.2 Å². The molecular formula is C15H22FN3OS. The molecule has 0 aliphatic carbocycles. The summed E-state index contributed by atoms with van der Waals surface area (Å²) < 4.78 is 13.6. The van der Waals surface area contributed by atoms with Gasteiger partial charge in [0.05, 0.1) is 12.2 Å². The molecular weight excluding hydrogens is 289 g/mol. The van der Waals surface area contributed by atoms with Crippen LogP contribution in [0.5, 0.6) is 0 Å². The number of carbonyl (C=O) groups is 1. The van der Waals surface area contributed by atoms with E-state index in [1.165, 1.54) is 6.07 Å². The number of rotatable bonds is 5. The number of nitrogens with two attached hydrogens (primary N) is 1. The van der Waals surface area contributed by atoms with Crippen LogP contribution in [-0.4, -0.2) is 48.0 Å². The molecule has 1 aromatic carbocycles. The lowest BCUT2D eigenvalue weighted by atomic mass is 9.96. The highest BCUT2D eigenvalue weighted by molar-refractivity contribution is 8.00. The normalized spacial score (nSPS) is 18.4. The minimum Gasteiger partial charge on any atom is -0.329 e. The summed E-state index contributed by atoms with van der Waals surface area (Å²) in [7, 11) is 0. The third kappa shape index (κ3) is 4.18. The number of likely N-dealkylation sites (tertiary alicyclic amines) is 1. The highest BCUT2D eigenvalue weighted by atomic mass is 32.2. The third-order valence-electron chi connectivity index (χ3n) is 4.09. The number of nitrogens with one attached hydrogen (secondary N) is 1. The van der Waals surface area contributed by atoms with E-state index in [0.29, 0.717) is 13.1 Å². The van der Waals surface area contributed by atoms with E-state index in [4.69, 9.17) is 5.73 Å². The predicted molar refractivity (Wildman–Crippen MR) is 86.0 cm³/mol. The standard InChI is InChI=1S/C15H22FN3OS/c1-21-15(11-17)6-8-19(9-7-15)10-14(20)18-13-5-3-2-4-12(13)16/h2-5H,6-11,17H2,1H3,(H,18,20). The molecule has 1 heterocycles. The van der Waals surface area contributed by atoms with Crippen molar-refractivity contribution >= 4 is 23.4 Å². The maximum atomic E-state index is 13.5. The van der Waals surface area contributed by atoms with Gasteiger partial charge in [-0.3, -0.25) is 9.69 Å². The number of anilines is 1. The number of hydrogen-bond donors (Lipinski definition) is 2. The van der Waals surface area contributed by atoms with Crippen LogP contribution in [0.3, 0.4) is 0 Å². The van der Waals surface area contributed by atoms with E-state index in [0.717, 1.165) is 25.9 Å². The molecule has 0 unspecified atom stereocenters. The van der Waals surface area contributed by atoms with E-state index in [9.17, 15) is 9.18 Å². The Morgan fingerprint density at radius 2 is 2.10 bits per heavy atom. The first-order valence-corrected chi connectivity index (χ1v) is 8.33. The molecule has 6 heteroatoms. The van der Waals surface area contributed by atoms with Gasteiger partial charge in [0.15, 0.2) is 0 Å². The van der Waals surface area contributed by atoms with Crippen molar-refractivity contribution in [3.8, 4) is 0 Å². The molecule has 1 aliphatic heterocycles. The van der Waals surface area contributed by atoms with Crippen LogP contribution in [0, 0.1) is 5.82 Å². The largest absolute Gasteiger partial charge is 0.329 e. The van der Waals surface area contributed by atoms with Crippen molar-refractivity contribution in [3.63, 3.8) is 0 Å². The number of piperidine rings is 1. The maximum Gasteiger partial charge on any atom is 0.238 e. The zero-order valence-electron chi connectivity index (χ0n) is 12.3. The van der Waals surface area contributed by atoms with Gasteiger partial charge < -0.3 is 11.1 Å². The summed E-state index contributed by atoms with van der Waals surface area (Å²) in [6.45, 7) is 2.66. The summed E-state index contributed by atoms with van der Waals surface area (Å²) in [5.41, 5.74) is 6.09. The Kier molecular flexibility index (Phi) is 5.61. The Morgan fingerprint density at radius 1 is 1.43 bits per heavy atom. The molecule has 2 rings (SSSR count). The van der Waals surface area contributed by atoms with Gasteiger partial charge in [-0.1, -0.05) is 12.1 Å². The lowest BCUT2D eigenvalue weighted by Crippen LogP contribution is -2.48. The number of nitrogens with zero attached hydrogens (tertiary/aromatic N) is 1. The monoisotopic (exact) mass is 311 g/mol. The Bertz CT molecular complexity index is 484. The molecule has 1 fully saturated rings. The highest BCUT2D eigenvalue weighted by Crippen LogP contribution is 2.33. The lowest BCUT2D eigenvalue weighted by molar-refractivity contribution is -0.117. The molecule has 3 N–H and O–H groups in total. The molecule has 1 aliphatic rings. The van der Waals surface area contributed by atoms with Crippen LogP contribution in [0.2, 0.25) is 0 Å². The Balaban J connectivity index is 1.84. The quantitative estimate of drug-likeness (QED) is 0.872. The van der Waals surface area contributed by atoms with Crippen molar-refractivity contribution in [1.82, 2.24) is 4.90 Å². The van der Waals surface area contributed by atoms with E-state index in [-0.39, 0.29) is 16.3 Å². The fraction of sp³-hybridized carbons (Fsp3) is 0.533. The summed E-state index contributed by atoms with van der Waals surface area (Å²) in [5, 5.41) is 2.62. The molecule has 1 saturated heterocycles. The molecule has 21 heavy (non-hydrogen) atoms. The van der Waals surface area contributed by atoms with Gasteiger partial charge in [-0.25, -0.2) is 4.39 Å². The van der Waals surface area contributed by atoms with Crippen LogP contribution in [-0.2, 0) is 4.79 Å². The van der Waals surface area contributed by atoms with Gasteiger partial charge in [-0.15, -0.1) is 0 Å². The summed E-state index contributed by atoms with van der Waals surface area (Å²) in [4.78, 5) is 14.1. The van der Waals surface area contributed by atoms with Crippen molar-refractivity contribution in [2.75, 3.05) is 37.8 Å². The first kappa shape index (κ1) is 16.3. The molecule has 4 nitrogen and oxygen atoms in total. The van der Waals surface area contributed by atoms with E-state index in [2.05, 4.69) is 16.5 Å². The fourth-order valence-corrected chi connectivity index (χ4v) is 3.32. The molecule has 1 amide bonds. The van der Waals surface area contributed by atoms with Crippen molar-refractivity contribution in [3.05, 3.63) is 30.1 Å². The first-order chi connectivity index (χ1) is 10.1. The number of carbonyl (C=O) groups excluding carboxylic acids is 1. The average molecular weight is 311 g/mol. The lowest BCUT2D eigenvalue weighted by Gasteiger charge is -2.39. The molecule has 1 aromatic rings. The molecule has 0 atom stereocenters. The van der Waals surface area contributed by atoms with Crippen LogP contribution in [0.4, 0.5) is 10.1 Å². The predicted octanol–water partition coefficient (Wildman–Crippen LogP) is 1.92. The minimum absolute atomic E-state index is 0.151. The van der Waals surface area contributed by atoms with Crippen molar-refractivity contribution in [2.24, 2.45) is 5.73 Å². The maximum absolute atomic E-state index is 13.5. The second-order valence-corrected chi connectivity index (χ2v) is 6.67. The first-order valence-electron chi connectivity index (χ1n) is 7.10. The van der Waals surface area contributed by atoms with Crippen LogP contribution < -0.4 is 11.1 Å². The number of thioether (sulfide) groups is 1. The van der Waals surface area contributed by atoms with Crippen LogP contribution in [0.1, 0.15) is 12.8 Å². The van der Waals surface area contributed by atoms with Gasteiger partial charge in [-0.05, 0) is 31.2 Å². The van der Waals surface area contributed by atoms with Gasteiger partial charge >= 0.3 is 0 Å². The number of hydrogen-bond acceptors (Lipinski definition) is 4. The molecule has 116 valence electrons. The fourth-order valence-electron chi connectivity index (χ4n) is 2.57.